The summed E-state index contributed by atoms with van der Waals surface area (Å²) >= 11 is 0. The van der Waals surface area contributed by atoms with Crippen LogP contribution in [0.5, 0.6) is 11.5 Å². The van der Waals surface area contributed by atoms with E-state index in [0.717, 1.165) is 57.1 Å². The Morgan fingerprint density at radius 3 is 2.84 bits per heavy atom. The summed E-state index contributed by atoms with van der Waals surface area (Å²) in [6.45, 7) is 5.56. The lowest BCUT2D eigenvalue weighted by Gasteiger charge is -2.48. The minimum Gasteiger partial charge on any atom is -0.504 e. The number of carbonyl (C=O) groups is 1. The average molecular weight is 429 g/mol. The Morgan fingerprint density at radius 1 is 1.26 bits per heavy atom. The molecular weight excluding hydrogens is 392 g/mol. The van der Waals surface area contributed by atoms with Crippen LogP contribution in [0.2, 0.25) is 0 Å². The molecule has 3 aliphatic rings. The molecule has 1 unspecified atom stereocenters. The predicted octanol–water partition coefficient (Wildman–Crippen LogP) is 3.38. The number of morpholine rings is 1. The molecule has 6 nitrogen and oxygen atoms in total. The zero-order valence-electron chi connectivity index (χ0n) is 18.7. The number of hydrogen-bond donors (Lipinski definition) is 1. The number of aryl methyl sites for hydroxylation is 1. The number of nitrogens with zero attached hydrogens (tertiary/aromatic N) is 2. The smallest absolute Gasteiger partial charge is 0.222 e. The molecule has 1 N–H and O–H groups in total. The molecule has 0 aromatic heterocycles. The van der Waals surface area contributed by atoms with Gasteiger partial charge in [-0.1, -0.05) is 18.2 Å². The molecule has 1 atom stereocenters. The summed E-state index contributed by atoms with van der Waals surface area (Å²) in [6, 6.07) is 5.28. The van der Waals surface area contributed by atoms with Crippen molar-refractivity contribution in [3.8, 4) is 11.5 Å². The standard InChI is InChI=1S/C25H36N2O4/c1-30-23-17-20(7-9-22(23)28)8-10-24(29)27-13-11-25(12-14-27)19-26(15-16-31-25)18-21-5-3-2-4-6-21/h2-3,7,9,17,21,28H,4-6,8,10-16,18-19H2,1H3. The van der Waals surface area contributed by atoms with Gasteiger partial charge < -0.3 is 19.5 Å². The second kappa shape index (κ2) is 10.0. The van der Waals surface area contributed by atoms with Crippen LogP contribution in [-0.2, 0) is 16.0 Å². The van der Waals surface area contributed by atoms with Gasteiger partial charge in [0.25, 0.3) is 0 Å². The number of carbonyl (C=O) groups excluding carboxylic acids is 1. The van der Waals surface area contributed by atoms with Gasteiger partial charge in [-0.2, -0.15) is 0 Å². The maximum Gasteiger partial charge on any atom is 0.222 e. The monoisotopic (exact) mass is 428 g/mol. The van der Waals surface area contributed by atoms with Crippen LogP contribution in [0.25, 0.3) is 0 Å². The summed E-state index contributed by atoms with van der Waals surface area (Å²) in [5.41, 5.74) is 0.921. The zero-order chi connectivity index (χ0) is 21.7. The first-order valence-electron chi connectivity index (χ1n) is 11.7. The number of likely N-dealkylation sites (tertiary alicyclic amines) is 1. The lowest BCUT2D eigenvalue weighted by molar-refractivity contribution is -0.151. The molecule has 2 heterocycles. The van der Waals surface area contributed by atoms with E-state index in [4.69, 9.17) is 9.47 Å². The van der Waals surface area contributed by atoms with Crippen LogP contribution in [0.3, 0.4) is 0 Å². The van der Waals surface area contributed by atoms with Crippen LogP contribution in [-0.4, -0.2) is 72.9 Å². The molecule has 1 spiro atoms. The van der Waals surface area contributed by atoms with Crippen LogP contribution >= 0.6 is 0 Å². The number of benzene rings is 1. The topological polar surface area (TPSA) is 62.2 Å². The van der Waals surface area contributed by atoms with Crippen LogP contribution in [0.1, 0.15) is 44.1 Å². The van der Waals surface area contributed by atoms with Gasteiger partial charge in [0.2, 0.25) is 5.91 Å². The Bertz CT molecular complexity index is 786. The predicted molar refractivity (Wildman–Crippen MR) is 120 cm³/mol. The Labute approximate surface area is 185 Å². The summed E-state index contributed by atoms with van der Waals surface area (Å²) < 4.78 is 11.5. The van der Waals surface area contributed by atoms with Gasteiger partial charge in [-0.25, -0.2) is 0 Å². The molecule has 170 valence electrons. The summed E-state index contributed by atoms with van der Waals surface area (Å²) in [7, 11) is 1.54. The number of aromatic hydroxyl groups is 1. The first-order valence-corrected chi connectivity index (χ1v) is 11.7. The van der Waals surface area contributed by atoms with Crippen molar-refractivity contribution < 1.29 is 19.4 Å². The van der Waals surface area contributed by atoms with Gasteiger partial charge in [0.15, 0.2) is 11.5 Å². The highest BCUT2D eigenvalue weighted by Gasteiger charge is 2.40. The molecule has 0 saturated carbocycles. The Hall–Kier alpha value is -2.05. The lowest BCUT2D eigenvalue weighted by Crippen LogP contribution is -2.58. The van der Waals surface area contributed by atoms with E-state index in [1.165, 1.54) is 32.9 Å². The van der Waals surface area contributed by atoms with Crippen LogP contribution in [0.4, 0.5) is 0 Å². The van der Waals surface area contributed by atoms with Crippen LogP contribution in [0, 0.1) is 5.92 Å². The molecule has 6 heteroatoms. The van der Waals surface area contributed by atoms with Gasteiger partial charge in [-0.15, -0.1) is 0 Å². The second-order valence-corrected chi connectivity index (χ2v) is 9.30. The van der Waals surface area contributed by atoms with Crippen molar-refractivity contribution >= 4 is 5.91 Å². The second-order valence-electron chi connectivity index (χ2n) is 9.30. The molecule has 31 heavy (non-hydrogen) atoms. The van der Waals surface area contributed by atoms with Crippen molar-refractivity contribution in [3.63, 3.8) is 0 Å². The minimum atomic E-state index is -0.0795. The number of piperidine rings is 1. The largest absolute Gasteiger partial charge is 0.504 e. The molecule has 1 aliphatic carbocycles. The summed E-state index contributed by atoms with van der Waals surface area (Å²) in [4.78, 5) is 17.4. The highest BCUT2D eigenvalue weighted by atomic mass is 16.5. The maximum atomic E-state index is 12.8. The SMILES string of the molecule is COc1cc(CCC(=O)N2CCC3(CC2)CN(CC2CC=CCC2)CCO3)ccc1O. The third kappa shape index (κ3) is 5.60. The molecule has 2 saturated heterocycles. The van der Waals surface area contributed by atoms with Gasteiger partial charge in [0, 0.05) is 39.1 Å². The van der Waals surface area contributed by atoms with Crippen molar-refractivity contribution in [3.05, 3.63) is 35.9 Å². The van der Waals surface area contributed by atoms with Crippen molar-refractivity contribution in [1.29, 1.82) is 0 Å². The van der Waals surface area contributed by atoms with E-state index >= 15 is 0 Å². The van der Waals surface area contributed by atoms with E-state index in [-0.39, 0.29) is 17.3 Å². The number of amides is 1. The average Bonchev–Trinajstić information content (AvgIpc) is 2.79. The number of allylic oxidation sites excluding steroid dienone is 2. The molecule has 2 aliphatic heterocycles. The highest BCUT2D eigenvalue weighted by Crippen LogP contribution is 2.32. The minimum absolute atomic E-state index is 0.0795. The molecule has 4 rings (SSSR count). The Kier molecular flexibility index (Phi) is 7.18. The van der Waals surface area contributed by atoms with Crippen molar-refractivity contribution in [2.75, 3.05) is 46.4 Å². The third-order valence-electron chi connectivity index (χ3n) is 7.12. The van der Waals surface area contributed by atoms with E-state index in [2.05, 4.69) is 17.1 Å². The van der Waals surface area contributed by atoms with Gasteiger partial charge in [0.1, 0.15) is 0 Å². The van der Waals surface area contributed by atoms with E-state index in [9.17, 15) is 9.90 Å². The fourth-order valence-corrected chi connectivity index (χ4v) is 5.22. The van der Waals surface area contributed by atoms with Crippen molar-refractivity contribution in [1.82, 2.24) is 9.80 Å². The quantitative estimate of drug-likeness (QED) is 0.704. The Morgan fingerprint density at radius 2 is 2.10 bits per heavy atom. The van der Waals surface area contributed by atoms with E-state index in [1.54, 1.807) is 12.1 Å². The van der Waals surface area contributed by atoms with Crippen LogP contribution in [0.15, 0.2) is 30.4 Å². The summed E-state index contributed by atoms with van der Waals surface area (Å²) in [5.74, 6) is 1.55. The van der Waals surface area contributed by atoms with Crippen LogP contribution < -0.4 is 4.74 Å². The molecule has 1 aromatic rings. The number of ether oxygens (including phenoxy) is 2. The zero-order valence-corrected chi connectivity index (χ0v) is 18.7. The normalized spacial score (nSPS) is 23.8. The molecule has 2 fully saturated rings. The summed E-state index contributed by atoms with van der Waals surface area (Å²) in [5, 5.41) is 9.73. The van der Waals surface area contributed by atoms with Gasteiger partial charge in [-0.05, 0) is 62.1 Å². The Balaban J connectivity index is 1.24. The van der Waals surface area contributed by atoms with E-state index in [0.29, 0.717) is 18.6 Å². The number of methoxy groups -OCH3 is 1. The summed E-state index contributed by atoms with van der Waals surface area (Å²) in [6.07, 6.45) is 11.3. The molecule has 0 radical (unpaired) electrons. The molecule has 0 bridgehead atoms. The van der Waals surface area contributed by atoms with Crippen molar-refractivity contribution in [2.24, 2.45) is 5.92 Å². The first-order chi connectivity index (χ1) is 15.1. The molecule has 1 aromatic carbocycles. The molecule has 1 amide bonds. The fourth-order valence-electron chi connectivity index (χ4n) is 5.22. The van der Waals surface area contributed by atoms with Crippen molar-refractivity contribution in [2.45, 2.75) is 50.5 Å². The van der Waals surface area contributed by atoms with Gasteiger partial charge >= 0.3 is 0 Å². The van der Waals surface area contributed by atoms with E-state index < -0.39 is 0 Å². The maximum absolute atomic E-state index is 12.8. The number of hydrogen-bond acceptors (Lipinski definition) is 5. The third-order valence-corrected chi connectivity index (χ3v) is 7.12. The fraction of sp³-hybridized carbons (Fsp3) is 0.640. The number of rotatable bonds is 6. The highest BCUT2D eigenvalue weighted by molar-refractivity contribution is 5.76. The van der Waals surface area contributed by atoms with Gasteiger partial charge in [0.05, 0.1) is 19.3 Å². The molecular formula is C25H36N2O4. The lowest BCUT2D eigenvalue weighted by atomic mass is 9.87. The number of phenolic OH excluding ortho intramolecular Hbond substituents is 1. The van der Waals surface area contributed by atoms with Gasteiger partial charge in [-0.3, -0.25) is 9.69 Å². The van der Waals surface area contributed by atoms with E-state index in [1.807, 2.05) is 11.0 Å². The number of phenols is 1. The first kappa shape index (κ1) is 22.2.